The van der Waals surface area contributed by atoms with Gasteiger partial charge in [0.2, 0.25) is 0 Å². The van der Waals surface area contributed by atoms with Crippen molar-refractivity contribution in [3.8, 4) is 0 Å². The van der Waals surface area contributed by atoms with Gasteiger partial charge in [0.1, 0.15) is 6.10 Å². The first-order chi connectivity index (χ1) is 8.54. The summed E-state index contributed by atoms with van der Waals surface area (Å²) in [5.74, 6) is -1.51. The van der Waals surface area contributed by atoms with Gasteiger partial charge in [-0.3, -0.25) is 9.59 Å². The second-order valence-corrected chi connectivity index (χ2v) is 6.35. The molecule has 0 aromatic carbocycles. The molecule has 6 nitrogen and oxygen atoms in total. The Hall–Kier alpha value is -1.14. The third-order valence-corrected chi connectivity index (χ3v) is 3.44. The van der Waals surface area contributed by atoms with Gasteiger partial charge in [0.25, 0.3) is 0 Å². The number of carboxylic acids is 1. The van der Waals surface area contributed by atoms with Crippen LogP contribution in [0.2, 0.25) is 0 Å². The van der Waals surface area contributed by atoms with Crippen LogP contribution in [0.1, 0.15) is 53.4 Å². The summed E-state index contributed by atoms with van der Waals surface area (Å²) < 4.78 is 5.32. The van der Waals surface area contributed by atoms with Crippen molar-refractivity contribution >= 4 is 11.9 Å². The minimum atomic E-state index is -1.01. The molecule has 1 saturated heterocycles. The van der Waals surface area contributed by atoms with E-state index in [2.05, 4.69) is 0 Å². The van der Waals surface area contributed by atoms with E-state index < -0.39 is 23.0 Å². The number of carbonyl (C=O) groups is 2. The quantitative estimate of drug-likeness (QED) is 0.759. The normalized spacial score (nSPS) is 23.0. The number of carbonyl (C=O) groups excluding carboxylic acids is 1. The molecule has 0 aliphatic carbocycles. The minimum Gasteiger partial charge on any atom is -0.481 e. The molecular formula is C13H23NO5. The van der Waals surface area contributed by atoms with Crippen LogP contribution in [-0.4, -0.2) is 44.5 Å². The number of nitrogens with zero attached hydrogens (tertiary/aromatic N) is 1. The highest BCUT2D eigenvalue weighted by molar-refractivity contribution is 5.76. The Morgan fingerprint density at radius 2 is 1.63 bits per heavy atom. The summed E-state index contributed by atoms with van der Waals surface area (Å²) >= 11 is 0. The fraction of sp³-hybridized carbons (Fsp3) is 0.846. The molecule has 1 heterocycles. The predicted molar refractivity (Wildman–Crippen MR) is 67.8 cm³/mol. The van der Waals surface area contributed by atoms with Crippen LogP contribution >= 0.6 is 0 Å². The number of hydroxylamine groups is 2. The van der Waals surface area contributed by atoms with E-state index in [0.717, 1.165) is 0 Å². The average molecular weight is 273 g/mol. The molecule has 1 aliphatic heterocycles. The number of ether oxygens (including phenoxy) is 1. The van der Waals surface area contributed by atoms with Crippen LogP contribution in [0.15, 0.2) is 0 Å². The van der Waals surface area contributed by atoms with E-state index in [-0.39, 0.29) is 18.9 Å². The van der Waals surface area contributed by atoms with Crippen LogP contribution in [0.3, 0.4) is 0 Å². The Balaban J connectivity index is 2.60. The first kappa shape index (κ1) is 15.9. The zero-order valence-electron chi connectivity index (χ0n) is 12.0. The number of esters is 1. The molecule has 0 saturated carbocycles. The van der Waals surface area contributed by atoms with Gasteiger partial charge in [-0.15, -0.1) is 0 Å². The molecule has 0 aromatic rings. The molecule has 1 aliphatic rings. The number of carboxylic acid groups (broad SMARTS) is 1. The van der Waals surface area contributed by atoms with Crippen LogP contribution < -0.4 is 0 Å². The van der Waals surface area contributed by atoms with E-state index in [4.69, 9.17) is 9.84 Å². The van der Waals surface area contributed by atoms with E-state index >= 15 is 0 Å². The van der Waals surface area contributed by atoms with Gasteiger partial charge in [0.15, 0.2) is 0 Å². The Morgan fingerprint density at radius 1 is 1.16 bits per heavy atom. The zero-order chi connectivity index (χ0) is 14.8. The third kappa shape index (κ3) is 4.18. The lowest BCUT2D eigenvalue weighted by atomic mass is 9.80. The summed E-state index contributed by atoms with van der Waals surface area (Å²) in [5, 5.41) is 19.9. The second kappa shape index (κ2) is 5.46. The number of hydrogen-bond donors (Lipinski definition) is 2. The van der Waals surface area contributed by atoms with E-state index in [9.17, 15) is 14.8 Å². The Bertz CT molecular complexity index is 346. The lowest BCUT2D eigenvalue weighted by molar-refractivity contribution is -0.259. The lowest BCUT2D eigenvalue weighted by Crippen LogP contribution is -2.60. The summed E-state index contributed by atoms with van der Waals surface area (Å²) in [7, 11) is 0. The van der Waals surface area contributed by atoms with Gasteiger partial charge in [0.05, 0.1) is 12.8 Å². The molecule has 1 rings (SSSR count). The Morgan fingerprint density at radius 3 is 2.05 bits per heavy atom. The van der Waals surface area contributed by atoms with E-state index in [1.54, 1.807) is 0 Å². The SMILES string of the molecule is CC1(C)CC(OC(=O)CCC(=O)O)CC(C)(C)N1O. The summed E-state index contributed by atoms with van der Waals surface area (Å²) in [6.45, 7) is 7.52. The molecule has 0 spiro atoms. The topological polar surface area (TPSA) is 87.1 Å². The maximum atomic E-state index is 11.6. The zero-order valence-corrected chi connectivity index (χ0v) is 12.0. The van der Waals surface area contributed by atoms with Gasteiger partial charge in [-0.2, -0.15) is 5.06 Å². The lowest BCUT2D eigenvalue weighted by Gasteiger charge is -2.50. The van der Waals surface area contributed by atoms with Crippen molar-refractivity contribution < 1.29 is 24.6 Å². The van der Waals surface area contributed by atoms with Crippen molar-refractivity contribution in [3.63, 3.8) is 0 Å². The molecular weight excluding hydrogens is 250 g/mol. The van der Waals surface area contributed by atoms with Crippen LogP contribution in [0.4, 0.5) is 0 Å². The Kier molecular flexibility index (Phi) is 4.58. The largest absolute Gasteiger partial charge is 0.481 e. The van der Waals surface area contributed by atoms with E-state index in [1.807, 2.05) is 27.7 Å². The van der Waals surface area contributed by atoms with Crippen LogP contribution in [0, 0.1) is 0 Å². The summed E-state index contributed by atoms with van der Waals surface area (Å²) in [6, 6.07) is 0. The number of piperidine rings is 1. The molecule has 0 amide bonds. The highest BCUT2D eigenvalue weighted by atomic mass is 16.5. The van der Waals surface area contributed by atoms with E-state index in [1.165, 1.54) is 5.06 Å². The minimum absolute atomic E-state index is 0.116. The molecule has 19 heavy (non-hydrogen) atoms. The molecule has 0 atom stereocenters. The monoisotopic (exact) mass is 273 g/mol. The molecule has 2 N–H and O–H groups in total. The molecule has 0 unspecified atom stereocenters. The molecule has 0 radical (unpaired) electrons. The van der Waals surface area contributed by atoms with Crippen molar-refractivity contribution in [2.45, 2.75) is 70.6 Å². The first-order valence-electron chi connectivity index (χ1n) is 6.45. The van der Waals surface area contributed by atoms with Crippen LogP contribution in [0.5, 0.6) is 0 Å². The van der Waals surface area contributed by atoms with Crippen molar-refractivity contribution in [2.75, 3.05) is 0 Å². The number of aliphatic carboxylic acids is 1. The molecule has 6 heteroatoms. The van der Waals surface area contributed by atoms with Crippen LogP contribution in [-0.2, 0) is 14.3 Å². The van der Waals surface area contributed by atoms with Crippen molar-refractivity contribution in [2.24, 2.45) is 0 Å². The predicted octanol–water partition coefficient (Wildman–Crippen LogP) is 1.81. The average Bonchev–Trinajstić information content (AvgIpc) is 2.22. The highest BCUT2D eigenvalue weighted by Crippen LogP contribution is 2.37. The maximum absolute atomic E-state index is 11.6. The summed E-state index contributed by atoms with van der Waals surface area (Å²) in [5.41, 5.74) is -0.973. The van der Waals surface area contributed by atoms with Crippen LogP contribution in [0.25, 0.3) is 0 Å². The van der Waals surface area contributed by atoms with E-state index in [0.29, 0.717) is 12.8 Å². The fourth-order valence-electron chi connectivity index (χ4n) is 2.72. The van der Waals surface area contributed by atoms with Gasteiger partial charge < -0.3 is 15.1 Å². The molecule has 0 aromatic heterocycles. The summed E-state index contributed by atoms with van der Waals surface area (Å²) in [4.78, 5) is 22.0. The third-order valence-electron chi connectivity index (χ3n) is 3.44. The van der Waals surface area contributed by atoms with Crippen molar-refractivity contribution in [1.82, 2.24) is 5.06 Å². The Labute approximate surface area is 113 Å². The number of hydrogen-bond acceptors (Lipinski definition) is 5. The molecule has 0 bridgehead atoms. The van der Waals surface area contributed by atoms with Gasteiger partial charge in [0, 0.05) is 23.9 Å². The van der Waals surface area contributed by atoms with Gasteiger partial charge in [-0.1, -0.05) is 0 Å². The van der Waals surface area contributed by atoms with Gasteiger partial charge >= 0.3 is 11.9 Å². The van der Waals surface area contributed by atoms with Gasteiger partial charge in [-0.25, -0.2) is 0 Å². The number of rotatable bonds is 4. The van der Waals surface area contributed by atoms with Crippen molar-refractivity contribution in [3.05, 3.63) is 0 Å². The van der Waals surface area contributed by atoms with Crippen molar-refractivity contribution in [1.29, 1.82) is 0 Å². The highest BCUT2D eigenvalue weighted by Gasteiger charge is 2.46. The fourth-order valence-corrected chi connectivity index (χ4v) is 2.72. The molecule has 110 valence electrons. The molecule has 1 fully saturated rings. The second-order valence-electron chi connectivity index (χ2n) is 6.35. The maximum Gasteiger partial charge on any atom is 0.306 e. The smallest absolute Gasteiger partial charge is 0.306 e. The standard InChI is InChI=1S/C13H23NO5/c1-12(2)7-9(8-13(3,4)14(12)18)19-11(17)6-5-10(15)16/h9,18H,5-8H2,1-4H3,(H,15,16). The van der Waals surface area contributed by atoms with Gasteiger partial charge in [-0.05, 0) is 27.7 Å². The summed E-state index contributed by atoms with van der Waals surface area (Å²) in [6.07, 6.45) is 0.409. The first-order valence-corrected chi connectivity index (χ1v) is 6.45.